The van der Waals surface area contributed by atoms with Gasteiger partial charge < -0.3 is 15.2 Å². The minimum absolute atomic E-state index is 0. The molecule has 0 bridgehead atoms. The van der Waals surface area contributed by atoms with Crippen LogP contribution in [0.5, 0.6) is 5.75 Å². The standard InChI is InChI=1S/C15H15NO4.CH4/c1-20-13-5-4-11-6-10(2-3-12(11)8-13)7-14(17)16-9-15(18)19;/h2-6,8H,7,9H2,1H3,(H,16,17)(H,18,19);1H4. The summed E-state index contributed by atoms with van der Waals surface area (Å²) in [5, 5.41) is 12.9. The van der Waals surface area contributed by atoms with Crippen LogP contribution >= 0.6 is 0 Å². The van der Waals surface area contributed by atoms with Gasteiger partial charge in [0.05, 0.1) is 13.5 Å². The monoisotopic (exact) mass is 289 g/mol. The number of ether oxygens (including phenoxy) is 1. The van der Waals surface area contributed by atoms with Crippen molar-refractivity contribution in [2.75, 3.05) is 13.7 Å². The molecule has 2 aromatic rings. The smallest absolute Gasteiger partial charge is 0.322 e. The van der Waals surface area contributed by atoms with Crippen molar-refractivity contribution < 1.29 is 19.4 Å². The Hall–Kier alpha value is -2.56. The van der Waals surface area contributed by atoms with Gasteiger partial charge in [-0.2, -0.15) is 0 Å². The van der Waals surface area contributed by atoms with Crippen LogP contribution in [-0.2, 0) is 16.0 Å². The van der Waals surface area contributed by atoms with Gasteiger partial charge in [-0.3, -0.25) is 9.59 Å². The molecule has 2 N–H and O–H groups in total. The number of hydrogen-bond acceptors (Lipinski definition) is 3. The van der Waals surface area contributed by atoms with E-state index in [1.807, 2.05) is 36.4 Å². The van der Waals surface area contributed by atoms with Gasteiger partial charge in [0.15, 0.2) is 0 Å². The fourth-order valence-corrected chi connectivity index (χ4v) is 1.93. The highest BCUT2D eigenvalue weighted by Gasteiger charge is 2.06. The van der Waals surface area contributed by atoms with Gasteiger partial charge in [0, 0.05) is 0 Å². The number of carboxylic acid groups (broad SMARTS) is 1. The summed E-state index contributed by atoms with van der Waals surface area (Å²) in [4.78, 5) is 21.9. The van der Waals surface area contributed by atoms with E-state index < -0.39 is 5.97 Å². The van der Waals surface area contributed by atoms with Gasteiger partial charge in [-0.15, -0.1) is 0 Å². The summed E-state index contributed by atoms with van der Waals surface area (Å²) in [7, 11) is 1.61. The molecule has 2 aromatic carbocycles. The van der Waals surface area contributed by atoms with Gasteiger partial charge in [-0.25, -0.2) is 0 Å². The molecule has 2 rings (SSSR count). The third-order valence-corrected chi connectivity index (χ3v) is 2.91. The van der Waals surface area contributed by atoms with Crippen LogP contribution in [0, 0.1) is 0 Å². The average Bonchev–Trinajstić information content (AvgIpc) is 2.44. The van der Waals surface area contributed by atoms with E-state index in [9.17, 15) is 9.59 Å². The summed E-state index contributed by atoms with van der Waals surface area (Å²) >= 11 is 0. The van der Waals surface area contributed by atoms with Crippen molar-refractivity contribution >= 4 is 22.6 Å². The highest BCUT2D eigenvalue weighted by atomic mass is 16.5. The molecule has 0 saturated heterocycles. The maximum Gasteiger partial charge on any atom is 0.322 e. The van der Waals surface area contributed by atoms with Crippen LogP contribution in [0.2, 0.25) is 0 Å². The van der Waals surface area contributed by atoms with E-state index in [1.165, 1.54) is 0 Å². The van der Waals surface area contributed by atoms with Crippen LogP contribution in [0.1, 0.15) is 13.0 Å². The van der Waals surface area contributed by atoms with E-state index in [0.717, 1.165) is 22.1 Å². The van der Waals surface area contributed by atoms with Crippen LogP contribution < -0.4 is 10.1 Å². The number of nitrogens with one attached hydrogen (secondary N) is 1. The van der Waals surface area contributed by atoms with Crippen molar-refractivity contribution in [3.63, 3.8) is 0 Å². The number of methoxy groups -OCH3 is 1. The quantitative estimate of drug-likeness (QED) is 0.885. The van der Waals surface area contributed by atoms with Crippen molar-refractivity contribution in [3.8, 4) is 5.75 Å². The Bertz CT molecular complexity index is 652. The van der Waals surface area contributed by atoms with Crippen LogP contribution in [0.15, 0.2) is 36.4 Å². The van der Waals surface area contributed by atoms with E-state index in [1.54, 1.807) is 7.11 Å². The first-order chi connectivity index (χ1) is 9.58. The van der Waals surface area contributed by atoms with Crippen molar-refractivity contribution in [1.29, 1.82) is 0 Å². The Morgan fingerprint density at radius 2 is 1.81 bits per heavy atom. The minimum Gasteiger partial charge on any atom is -0.497 e. The molecule has 0 heterocycles. The van der Waals surface area contributed by atoms with Crippen LogP contribution in [0.25, 0.3) is 10.8 Å². The molecule has 0 aliphatic carbocycles. The molecule has 0 aliphatic rings. The average molecular weight is 289 g/mol. The number of hydrogen-bond donors (Lipinski definition) is 2. The zero-order valence-corrected chi connectivity index (χ0v) is 11.1. The normalized spacial score (nSPS) is 9.76. The Kier molecular flexibility index (Phi) is 5.72. The maximum atomic E-state index is 11.6. The molecule has 0 unspecified atom stereocenters. The second-order valence-corrected chi connectivity index (χ2v) is 4.39. The number of rotatable bonds is 5. The fourth-order valence-electron chi connectivity index (χ4n) is 1.93. The van der Waals surface area contributed by atoms with Crippen LogP contribution in [-0.4, -0.2) is 30.6 Å². The molecule has 0 spiro atoms. The Labute approximate surface area is 123 Å². The number of amides is 1. The molecular formula is C16H19NO4. The van der Waals surface area contributed by atoms with Gasteiger partial charge >= 0.3 is 5.97 Å². The van der Waals surface area contributed by atoms with E-state index in [0.29, 0.717) is 0 Å². The molecule has 0 saturated carbocycles. The summed E-state index contributed by atoms with van der Waals surface area (Å²) in [5.41, 5.74) is 0.838. The van der Waals surface area contributed by atoms with E-state index in [-0.39, 0.29) is 26.3 Å². The molecule has 0 atom stereocenters. The molecule has 0 aromatic heterocycles. The lowest BCUT2D eigenvalue weighted by Crippen LogP contribution is -2.30. The predicted octanol–water partition coefficient (Wildman–Crippen LogP) is 2.23. The van der Waals surface area contributed by atoms with E-state index >= 15 is 0 Å². The number of carbonyl (C=O) groups is 2. The van der Waals surface area contributed by atoms with Gasteiger partial charge in [0.25, 0.3) is 0 Å². The van der Waals surface area contributed by atoms with Gasteiger partial charge in [0.2, 0.25) is 5.91 Å². The Morgan fingerprint density at radius 1 is 1.14 bits per heavy atom. The minimum atomic E-state index is -1.05. The highest BCUT2D eigenvalue weighted by molar-refractivity contribution is 5.87. The number of fused-ring (bicyclic) bond motifs is 1. The van der Waals surface area contributed by atoms with Gasteiger partial charge in [-0.05, 0) is 28.5 Å². The molecule has 5 nitrogen and oxygen atoms in total. The molecule has 0 radical (unpaired) electrons. The first-order valence-corrected chi connectivity index (χ1v) is 6.13. The largest absolute Gasteiger partial charge is 0.497 e. The van der Waals surface area contributed by atoms with Crippen LogP contribution in [0.4, 0.5) is 0 Å². The highest BCUT2D eigenvalue weighted by Crippen LogP contribution is 2.21. The molecule has 21 heavy (non-hydrogen) atoms. The second-order valence-electron chi connectivity index (χ2n) is 4.39. The fraction of sp³-hybridized carbons (Fsp3) is 0.250. The molecule has 5 heteroatoms. The third-order valence-electron chi connectivity index (χ3n) is 2.91. The van der Waals surface area contributed by atoms with Gasteiger partial charge in [0.1, 0.15) is 12.3 Å². The zero-order valence-electron chi connectivity index (χ0n) is 11.1. The lowest BCUT2D eigenvalue weighted by atomic mass is 10.0. The van der Waals surface area contributed by atoms with Crippen molar-refractivity contribution in [3.05, 3.63) is 42.0 Å². The van der Waals surface area contributed by atoms with Crippen LogP contribution in [0.3, 0.4) is 0 Å². The second kappa shape index (κ2) is 7.28. The summed E-state index contributed by atoms with van der Waals surface area (Å²) in [6.07, 6.45) is 0.162. The van der Waals surface area contributed by atoms with Crippen molar-refractivity contribution in [2.24, 2.45) is 0 Å². The maximum absolute atomic E-state index is 11.6. The van der Waals surface area contributed by atoms with E-state index in [2.05, 4.69) is 5.32 Å². The first kappa shape index (κ1) is 16.5. The number of benzene rings is 2. The summed E-state index contributed by atoms with van der Waals surface area (Å²) < 4.78 is 5.15. The predicted molar refractivity (Wildman–Crippen MR) is 81.6 cm³/mol. The van der Waals surface area contributed by atoms with Crippen molar-refractivity contribution in [2.45, 2.75) is 13.8 Å². The molecule has 1 amide bonds. The Balaban J connectivity index is 0.00000220. The molecule has 112 valence electrons. The molecular weight excluding hydrogens is 270 g/mol. The molecule has 0 fully saturated rings. The SMILES string of the molecule is C.COc1ccc2cc(CC(=O)NCC(=O)O)ccc2c1. The number of carbonyl (C=O) groups excluding carboxylic acids is 1. The Morgan fingerprint density at radius 3 is 2.48 bits per heavy atom. The number of aliphatic carboxylic acids is 1. The first-order valence-electron chi connectivity index (χ1n) is 6.13. The van der Waals surface area contributed by atoms with Crippen molar-refractivity contribution in [1.82, 2.24) is 5.32 Å². The van der Waals surface area contributed by atoms with Gasteiger partial charge in [-0.1, -0.05) is 31.7 Å². The zero-order chi connectivity index (χ0) is 14.5. The summed E-state index contributed by atoms with van der Waals surface area (Å²) in [6.45, 7) is -0.358. The summed E-state index contributed by atoms with van der Waals surface area (Å²) in [6, 6.07) is 11.4. The lowest BCUT2D eigenvalue weighted by Gasteiger charge is -2.06. The number of carboxylic acids is 1. The third kappa shape index (κ3) is 4.49. The topological polar surface area (TPSA) is 75.6 Å². The van der Waals surface area contributed by atoms with E-state index in [4.69, 9.17) is 9.84 Å². The summed E-state index contributed by atoms with van der Waals surface area (Å²) in [5.74, 6) is -0.575. The molecule has 0 aliphatic heterocycles. The lowest BCUT2D eigenvalue weighted by molar-refractivity contribution is -0.137.